The number of esters is 1. The van der Waals surface area contributed by atoms with Gasteiger partial charge in [-0.05, 0) is 47.4 Å². The van der Waals surface area contributed by atoms with E-state index < -0.39 is 39.8 Å². The maximum absolute atomic E-state index is 12.6. The Bertz CT molecular complexity index is 1290. The number of carboxylic acid groups (broad SMARTS) is 1. The predicted molar refractivity (Wildman–Crippen MR) is 127 cm³/mol. The van der Waals surface area contributed by atoms with E-state index >= 15 is 0 Å². The maximum Gasteiger partial charge on any atom is 0.324 e. The zero-order valence-electron chi connectivity index (χ0n) is 18.0. The number of ether oxygens (including phenoxy) is 1. The van der Waals surface area contributed by atoms with Gasteiger partial charge in [0.1, 0.15) is 5.54 Å². The minimum Gasteiger partial charge on any atom is -0.480 e. The molecule has 4 rings (SSSR count). The molecule has 0 spiro atoms. The van der Waals surface area contributed by atoms with Crippen molar-refractivity contribution < 1.29 is 27.9 Å². The van der Waals surface area contributed by atoms with Gasteiger partial charge in [0.25, 0.3) is 0 Å². The van der Waals surface area contributed by atoms with Crippen LogP contribution in [0.1, 0.15) is 17.9 Å². The molecule has 3 aromatic carbocycles. The Morgan fingerprint density at radius 1 is 0.971 bits per heavy atom. The Hall–Kier alpha value is -3.20. The average Bonchev–Trinajstić information content (AvgIpc) is 3.59. The fourth-order valence-corrected chi connectivity index (χ4v) is 4.95. The highest BCUT2D eigenvalue weighted by atomic mass is 35.5. The largest absolute Gasteiger partial charge is 0.480 e. The lowest BCUT2D eigenvalue weighted by Gasteiger charge is -2.15. The second-order valence-corrected chi connectivity index (χ2v) is 10.5. The van der Waals surface area contributed by atoms with E-state index in [1.54, 1.807) is 24.3 Å². The summed E-state index contributed by atoms with van der Waals surface area (Å²) in [5.74, 6) is -3.03. The topological polar surface area (TPSA) is 110 Å². The van der Waals surface area contributed by atoms with Crippen LogP contribution in [-0.2, 0) is 24.2 Å². The number of aliphatic carboxylic acids is 1. The Morgan fingerprint density at radius 3 is 2.15 bits per heavy atom. The molecule has 34 heavy (non-hydrogen) atoms. The molecule has 2 atom stereocenters. The number of halogens is 1. The smallest absolute Gasteiger partial charge is 0.324 e. The van der Waals surface area contributed by atoms with Gasteiger partial charge in [0.2, 0.25) is 9.84 Å². The average molecular weight is 500 g/mol. The zero-order chi connectivity index (χ0) is 24.3. The third kappa shape index (κ3) is 5.14. The van der Waals surface area contributed by atoms with E-state index in [2.05, 4.69) is 5.32 Å². The number of hydrogen-bond acceptors (Lipinski definition) is 6. The number of carbonyl (C=O) groups is 2. The van der Waals surface area contributed by atoms with Crippen LogP contribution in [0.3, 0.4) is 0 Å². The van der Waals surface area contributed by atoms with Gasteiger partial charge in [0, 0.05) is 10.9 Å². The van der Waals surface area contributed by atoms with Crippen LogP contribution in [0.15, 0.2) is 83.8 Å². The van der Waals surface area contributed by atoms with Crippen LogP contribution in [0.2, 0.25) is 5.02 Å². The van der Waals surface area contributed by atoms with Crippen LogP contribution in [0.5, 0.6) is 0 Å². The van der Waals surface area contributed by atoms with Gasteiger partial charge in [-0.15, -0.1) is 0 Å². The molecule has 0 saturated heterocycles. The van der Waals surface area contributed by atoms with E-state index in [1.165, 1.54) is 12.1 Å². The van der Waals surface area contributed by atoms with E-state index in [1.807, 2.05) is 42.5 Å². The van der Waals surface area contributed by atoms with Crippen molar-refractivity contribution >= 4 is 33.4 Å². The van der Waals surface area contributed by atoms with Gasteiger partial charge in [0.05, 0.1) is 11.4 Å². The monoisotopic (exact) mass is 499 g/mol. The first-order chi connectivity index (χ1) is 16.2. The predicted octanol–water partition coefficient (Wildman–Crippen LogP) is 3.88. The molecule has 1 fully saturated rings. The van der Waals surface area contributed by atoms with Crippen LogP contribution in [0, 0.1) is 0 Å². The first-order valence-electron chi connectivity index (χ1n) is 10.5. The lowest BCUT2D eigenvalue weighted by molar-refractivity contribution is -0.143. The van der Waals surface area contributed by atoms with Crippen molar-refractivity contribution in [2.45, 2.75) is 22.8 Å². The SMILES string of the molecule is O=C(CNC1(C(=O)O)CC1c1ccccc1)OCS(=O)(=O)c1ccc(-c2ccc(Cl)cc2)cc1. The third-order valence-corrected chi connectivity index (χ3v) is 7.53. The van der Waals surface area contributed by atoms with Crippen LogP contribution >= 0.6 is 11.6 Å². The van der Waals surface area contributed by atoms with E-state index in [-0.39, 0.29) is 10.8 Å². The number of hydrogen-bond donors (Lipinski definition) is 2. The molecule has 9 heteroatoms. The van der Waals surface area contributed by atoms with Crippen LogP contribution in [0.4, 0.5) is 0 Å². The van der Waals surface area contributed by atoms with Gasteiger partial charge in [0.15, 0.2) is 5.94 Å². The van der Waals surface area contributed by atoms with Crippen molar-refractivity contribution in [1.82, 2.24) is 5.32 Å². The summed E-state index contributed by atoms with van der Waals surface area (Å²) in [6.45, 7) is -0.416. The molecule has 0 aromatic heterocycles. The molecular formula is C25H22ClNO6S. The van der Waals surface area contributed by atoms with E-state index in [0.29, 0.717) is 11.4 Å². The van der Waals surface area contributed by atoms with Gasteiger partial charge in [-0.25, -0.2) is 8.42 Å². The molecule has 2 N–H and O–H groups in total. The van der Waals surface area contributed by atoms with Gasteiger partial charge in [-0.2, -0.15) is 0 Å². The summed E-state index contributed by atoms with van der Waals surface area (Å²) < 4.78 is 30.1. The van der Waals surface area contributed by atoms with Crippen molar-refractivity contribution in [3.63, 3.8) is 0 Å². The van der Waals surface area contributed by atoms with Crippen LogP contribution in [-0.4, -0.2) is 43.5 Å². The number of carbonyl (C=O) groups excluding carboxylic acids is 1. The Kier molecular flexibility index (Phi) is 6.74. The van der Waals surface area contributed by atoms with Gasteiger partial charge >= 0.3 is 11.9 Å². The second kappa shape index (κ2) is 9.58. The van der Waals surface area contributed by atoms with Gasteiger partial charge in [-0.1, -0.05) is 66.2 Å². The van der Waals surface area contributed by atoms with E-state index in [0.717, 1.165) is 16.7 Å². The molecule has 0 aliphatic heterocycles. The Labute approximate surface area is 202 Å². The molecular weight excluding hydrogens is 478 g/mol. The molecule has 1 saturated carbocycles. The van der Waals surface area contributed by atoms with Crippen LogP contribution < -0.4 is 5.32 Å². The summed E-state index contributed by atoms with van der Waals surface area (Å²) in [5.41, 5.74) is 1.28. The molecule has 2 unspecified atom stereocenters. The van der Waals surface area contributed by atoms with Crippen molar-refractivity contribution in [2.24, 2.45) is 0 Å². The summed E-state index contributed by atoms with van der Waals surface area (Å²) in [5, 5.41) is 13.0. The van der Waals surface area contributed by atoms with E-state index in [9.17, 15) is 23.1 Å². The number of nitrogens with one attached hydrogen (secondary N) is 1. The highest BCUT2D eigenvalue weighted by molar-refractivity contribution is 7.91. The summed E-state index contributed by atoms with van der Waals surface area (Å²) in [7, 11) is -3.88. The molecule has 176 valence electrons. The van der Waals surface area contributed by atoms with Gasteiger partial charge < -0.3 is 9.84 Å². The van der Waals surface area contributed by atoms with E-state index in [4.69, 9.17) is 16.3 Å². The number of benzene rings is 3. The minimum absolute atomic E-state index is 0.0133. The number of carboxylic acids is 1. The highest BCUT2D eigenvalue weighted by Gasteiger charge is 2.61. The molecule has 1 aliphatic rings. The lowest BCUT2D eigenvalue weighted by Crippen LogP contribution is -2.44. The molecule has 7 nitrogen and oxygen atoms in total. The second-order valence-electron chi connectivity index (χ2n) is 8.08. The third-order valence-electron chi connectivity index (χ3n) is 5.86. The maximum atomic E-state index is 12.6. The molecule has 3 aromatic rings. The molecule has 0 amide bonds. The van der Waals surface area contributed by atoms with Crippen molar-refractivity contribution in [3.05, 3.63) is 89.4 Å². The summed E-state index contributed by atoms with van der Waals surface area (Å²) in [6, 6.07) is 22.5. The fraction of sp³-hybridized carbons (Fsp3) is 0.200. The quantitative estimate of drug-likeness (QED) is 0.430. The van der Waals surface area contributed by atoms with Crippen molar-refractivity contribution in [3.8, 4) is 11.1 Å². The highest BCUT2D eigenvalue weighted by Crippen LogP contribution is 2.51. The van der Waals surface area contributed by atoms with Crippen molar-refractivity contribution in [2.75, 3.05) is 12.5 Å². The number of sulfone groups is 1. The van der Waals surface area contributed by atoms with Crippen molar-refractivity contribution in [1.29, 1.82) is 0 Å². The summed E-state index contributed by atoms with van der Waals surface area (Å²) in [4.78, 5) is 24.0. The Balaban J connectivity index is 1.33. The molecule has 0 bridgehead atoms. The molecule has 1 aliphatic carbocycles. The Morgan fingerprint density at radius 2 is 1.56 bits per heavy atom. The molecule has 0 heterocycles. The zero-order valence-corrected chi connectivity index (χ0v) is 19.6. The summed E-state index contributed by atoms with van der Waals surface area (Å²) in [6.07, 6.45) is 0.331. The fourth-order valence-electron chi connectivity index (χ4n) is 3.85. The minimum atomic E-state index is -3.88. The normalized spacial score (nSPS) is 19.4. The molecule has 0 radical (unpaired) electrons. The number of rotatable bonds is 9. The van der Waals surface area contributed by atoms with Crippen LogP contribution in [0.25, 0.3) is 11.1 Å². The lowest BCUT2D eigenvalue weighted by atomic mass is 10.1. The summed E-state index contributed by atoms with van der Waals surface area (Å²) >= 11 is 5.89. The first kappa shape index (κ1) is 23.9. The standard InChI is InChI=1S/C25H22ClNO6S/c26-20-10-6-17(7-11-20)18-8-12-21(13-9-18)34(31,32)16-33-23(28)15-27-25(24(29)30)14-22(25)19-4-2-1-3-5-19/h1-13,22,27H,14-16H2,(H,29,30). The first-order valence-corrected chi connectivity index (χ1v) is 12.5. The van der Waals surface area contributed by atoms with Gasteiger partial charge in [-0.3, -0.25) is 14.9 Å².